The Morgan fingerprint density at radius 2 is 1.69 bits per heavy atom. The number of carbonyl (C=O) groups is 2. The summed E-state index contributed by atoms with van der Waals surface area (Å²) in [5, 5.41) is 8.88. The summed E-state index contributed by atoms with van der Waals surface area (Å²) in [5.74, 6) is -0.740. The van der Waals surface area contributed by atoms with Gasteiger partial charge in [-0.15, -0.1) is 0 Å². The Hall–Kier alpha value is -1.06. The Morgan fingerprint density at radius 1 is 1.19 bits per heavy atom. The maximum absolute atomic E-state index is 11.8. The molecule has 16 heavy (non-hydrogen) atoms. The van der Waals surface area contributed by atoms with Crippen LogP contribution in [0, 0.1) is 11.8 Å². The Balaban J connectivity index is 2.47. The topological polar surface area (TPSA) is 57.6 Å². The molecule has 1 rings (SSSR count). The molecular weight excluding hydrogens is 206 g/mol. The van der Waals surface area contributed by atoms with Crippen molar-refractivity contribution in [3.8, 4) is 0 Å². The molecule has 0 aromatic rings. The van der Waals surface area contributed by atoms with Crippen LogP contribution in [0.3, 0.4) is 0 Å². The van der Waals surface area contributed by atoms with Crippen molar-refractivity contribution >= 4 is 11.9 Å². The van der Waals surface area contributed by atoms with Gasteiger partial charge in [-0.2, -0.15) is 0 Å². The van der Waals surface area contributed by atoms with E-state index in [-0.39, 0.29) is 23.8 Å². The number of hydrogen-bond acceptors (Lipinski definition) is 2. The Morgan fingerprint density at radius 3 is 2.06 bits per heavy atom. The Bertz CT molecular complexity index is 267. The minimum Gasteiger partial charge on any atom is -0.481 e. The first-order chi connectivity index (χ1) is 7.43. The number of nitrogens with zero attached hydrogens (tertiary/aromatic N) is 1. The van der Waals surface area contributed by atoms with Crippen molar-refractivity contribution in [3.05, 3.63) is 0 Å². The van der Waals surface area contributed by atoms with Crippen LogP contribution in [0.2, 0.25) is 0 Å². The number of aliphatic carboxylic acids is 1. The molecule has 4 heteroatoms. The van der Waals surface area contributed by atoms with Gasteiger partial charge in [0.2, 0.25) is 5.91 Å². The number of rotatable bonds is 3. The van der Waals surface area contributed by atoms with E-state index in [4.69, 9.17) is 5.11 Å². The number of carboxylic acids is 1. The average molecular weight is 227 g/mol. The highest BCUT2D eigenvalue weighted by molar-refractivity contribution is 5.78. The number of hydrogen-bond donors (Lipinski definition) is 1. The van der Waals surface area contributed by atoms with Crippen molar-refractivity contribution in [3.63, 3.8) is 0 Å². The maximum atomic E-state index is 11.8. The molecule has 1 saturated carbocycles. The second kappa shape index (κ2) is 5.32. The van der Waals surface area contributed by atoms with Gasteiger partial charge in [-0.25, -0.2) is 0 Å². The molecule has 0 saturated heterocycles. The summed E-state index contributed by atoms with van der Waals surface area (Å²) in [4.78, 5) is 24.4. The van der Waals surface area contributed by atoms with Crippen LogP contribution in [0.1, 0.15) is 39.5 Å². The molecule has 0 unspecified atom stereocenters. The first-order valence-electron chi connectivity index (χ1n) is 5.93. The molecule has 0 radical (unpaired) electrons. The van der Waals surface area contributed by atoms with Crippen LogP contribution >= 0.6 is 0 Å². The van der Waals surface area contributed by atoms with Crippen molar-refractivity contribution in [1.82, 2.24) is 4.90 Å². The monoisotopic (exact) mass is 227 g/mol. The standard InChI is InChI=1S/C12H21NO3/c1-8(2)11(14)13(3)10-6-4-9(5-7-10)12(15)16/h8-10H,4-7H2,1-3H3,(H,15,16). The lowest BCUT2D eigenvalue weighted by atomic mass is 9.85. The number of amides is 1. The fraction of sp³-hybridized carbons (Fsp3) is 0.833. The van der Waals surface area contributed by atoms with Gasteiger partial charge < -0.3 is 10.0 Å². The summed E-state index contributed by atoms with van der Waals surface area (Å²) in [6.07, 6.45) is 3.00. The minimum absolute atomic E-state index is 0.0159. The lowest BCUT2D eigenvalue weighted by molar-refractivity contribution is -0.143. The number of carbonyl (C=O) groups excluding carboxylic acids is 1. The van der Waals surface area contributed by atoms with Gasteiger partial charge in [0.05, 0.1) is 5.92 Å². The van der Waals surface area contributed by atoms with Crippen LogP contribution in [0.4, 0.5) is 0 Å². The largest absolute Gasteiger partial charge is 0.481 e. The molecule has 92 valence electrons. The summed E-state index contributed by atoms with van der Waals surface area (Å²) in [5.41, 5.74) is 0. The second-order valence-electron chi connectivity index (χ2n) is 4.95. The highest BCUT2D eigenvalue weighted by atomic mass is 16.4. The van der Waals surface area contributed by atoms with Gasteiger partial charge in [0.15, 0.2) is 0 Å². The summed E-state index contributed by atoms with van der Waals surface area (Å²) in [6, 6.07) is 0.227. The van der Waals surface area contributed by atoms with E-state index in [2.05, 4.69) is 0 Å². The van der Waals surface area contributed by atoms with E-state index < -0.39 is 5.97 Å². The third kappa shape index (κ3) is 2.97. The van der Waals surface area contributed by atoms with Crippen LogP contribution < -0.4 is 0 Å². The van der Waals surface area contributed by atoms with E-state index in [1.165, 1.54) is 0 Å². The molecule has 4 nitrogen and oxygen atoms in total. The lowest BCUT2D eigenvalue weighted by Gasteiger charge is -2.34. The predicted octanol–water partition coefficient (Wildman–Crippen LogP) is 1.74. The van der Waals surface area contributed by atoms with E-state index in [9.17, 15) is 9.59 Å². The Labute approximate surface area is 96.6 Å². The lowest BCUT2D eigenvalue weighted by Crippen LogP contribution is -2.42. The van der Waals surface area contributed by atoms with E-state index >= 15 is 0 Å². The summed E-state index contributed by atoms with van der Waals surface area (Å²) in [7, 11) is 1.83. The van der Waals surface area contributed by atoms with Crippen molar-refractivity contribution in [2.24, 2.45) is 11.8 Å². The first-order valence-corrected chi connectivity index (χ1v) is 5.93. The Kier molecular flexibility index (Phi) is 4.33. The van der Waals surface area contributed by atoms with Gasteiger partial charge in [0.1, 0.15) is 0 Å². The molecule has 1 aliphatic rings. The molecule has 1 fully saturated rings. The van der Waals surface area contributed by atoms with Crippen molar-refractivity contribution in [1.29, 1.82) is 0 Å². The molecule has 1 N–H and O–H groups in total. The molecule has 0 aromatic carbocycles. The zero-order valence-electron chi connectivity index (χ0n) is 10.3. The molecule has 0 aliphatic heterocycles. The van der Waals surface area contributed by atoms with Crippen LogP contribution in [-0.2, 0) is 9.59 Å². The zero-order valence-corrected chi connectivity index (χ0v) is 10.3. The minimum atomic E-state index is -0.698. The molecule has 1 aliphatic carbocycles. The summed E-state index contributed by atoms with van der Waals surface area (Å²) < 4.78 is 0. The molecule has 0 heterocycles. The van der Waals surface area contributed by atoms with Crippen molar-refractivity contribution in [2.45, 2.75) is 45.6 Å². The average Bonchev–Trinajstić information content (AvgIpc) is 2.27. The van der Waals surface area contributed by atoms with Crippen LogP contribution in [0.5, 0.6) is 0 Å². The molecular formula is C12H21NO3. The van der Waals surface area contributed by atoms with Crippen molar-refractivity contribution in [2.75, 3.05) is 7.05 Å². The van der Waals surface area contributed by atoms with Gasteiger partial charge in [-0.1, -0.05) is 13.8 Å². The van der Waals surface area contributed by atoms with Gasteiger partial charge in [0, 0.05) is 19.0 Å². The van der Waals surface area contributed by atoms with E-state index in [0.717, 1.165) is 12.8 Å². The van der Waals surface area contributed by atoms with Crippen LogP contribution in [0.15, 0.2) is 0 Å². The molecule has 0 bridgehead atoms. The molecule has 1 amide bonds. The van der Waals surface area contributed by atoms with Gasteiger partial charge in [-0.3, -0.25) is 9.59 Å². The van der Waals surface area contributed by atoms with E-state index in [1.54, 1.807) is 4.90 Å². The first kappa shape index (κ1) is 13.0. The molecule has 0 atom stereocenters. The fourth-order valence-electron chi connectivity index (χ4n) is 2.30. The predicted molar refractivity (Wildman–Crippen MR) is 61.0 cm³/mol. The van der Waals surface area contributed by atoms with E-state index in [1.807, 2.05) is 20.9 Å². The second-order valence-corrected chi connectivity index (χ2v) is 4.95. The normalized spacial score (nSPS) is 25.5. The highest BCUT2D eigenvalue weighted by Crippen LogP contribution is 2.27. The van der Waals surface area contributed by atoms with Crippen LogP contribution in [0.25, 0.3) is 0 Å². The third-order valence-electron chi connectivity index (χ3n) is 3.44. The summed E-state index contributed by atoms with van der Waals surface area (Å²) in [6.45, 7) is 3.78. The highest BCUT2D eigenvalue weighted by Gasteiger charge is 2.30. The van der Waals surface area contributed by atoms with Crippen molar-refractivity contribution < 1.29 is 14.7 Å². The SMILES string of the molecule is CC(C)C(=O)N(C)C1CCC(C(=O)O)CC1. The maximum Gasteiger partial charge on any atom is 0.306 e. The smallest absolute Gasteiger partial charge is 0.306 e. The van der Waals surface area contributed by atoms with Gasteiger partial charge >= 0.3 is 5.97 Å². The van der Waals surface area contributed by atoms with E-state index in [0.29, 0.717) is 12.8 Å². The zero-order chi connectivity index (χ0) is 12.3. The quantitative estimate of drug-likeness (QED) is 0.799. The van der Waals surface area contributed by atoms with Gasteiger partial charge in [-0.05, 0) is 25.7 Å². The molecule has 0 aromatic heterocycles. The molecule has 0 spiro atoms. The van der Waals surface area contributed by atoms with Gasteiger partial charge in [0.25, 0.3) is 0 Å². The fourth-order valence-corrected chi connectivity index (χ4v) is 2.30. The summed E-state index contributed by atoms with van der Waals surface area (Å²) >= 11 is 0. The number of carboxylic acid groups (broad SMARTS) is 1. The van der Waals surface area contributed by atoms with Crippen LogP contribution in [-0.4, -0.2) is 35.0 Å². The third-order valence-corrected chi connectivity index (χ3v) is 3.44.